The second-order valence-corrected chi connectivity index (χ2v) is 11.3. The standard InChI is InChI=1S/C20H26N2O4S2/c1-16-14-20(28(25,26)21(3)15-18-9-5-4-6-10-18)17(2)13-19(16)22-11-7-8-12-27(22,23)24/h4-6,9-10,13-14H,7-8,11-12,15H2,1-3H3. The molecule has 0 aromatic heterocycles. The van der Waals surface area contributed by atoms with Gasteiger partial charge in [-0.2, -0.15) is 4.31 Å². The Hall–Kier alpha value is -1.90. The van der Waals surface area contributed by atoms with Crippen LogP contribution in [0.5, 0.6) is 0 Å². The van der Waals surface area contributed by atoms with Crippen LogP contribution in [0.15, 0.2) is 47.4 Å². The van der Waals surface area contributed by atoms with E-state index in [1.807, 2.05) is 30.3 Å². The maximum Gasteiger partial charge on any atom is 0.243 e. The molecule has 0 amide bonds. The molecule has 0 spiro atoms. The first-order valence-corrected chi connectivity index (χ1v) is 12.3. The minimum Gasteiger partial charge on any atom is -0.270 e. The predicted octanol–water partition coefficient (Wildman–Crippen LogP) is 3.05. The molecule has 28 heavy (non-hydrogen) atoms. The highest BCUT2D eigenvalue weighted by Gasteiger charge is 2.29. The number of hydrogen-bond donors (Lipinski definition) is 0. The largest absolute Gasteiger partial charge is 0.270 e. The van der Waals surface area contributed by atoms with E-state index >= 15 is 0 Å². The number of anilines is 1. The van der Waals surface area contributed by atoms with Crippen LogP contribution in [0.3, 0.4) is 0 Å². The second kappa shape index (κ2) is 7.85. The van der Waals surface area contributed by atoms with Gasteiger partial charge < -0.3 is 0 Å². The summed E-state index contributed by atoms with van der Waals surface area (Å²) in [6.45, 7) is 4.17. The maximum atomic E-state index is 13.1. The molecule has 2 aromatic rings. The van der Waals surface area contributed by atoms with Crippen molar-refractivity contribution in [1.29, 1.82) is 0 Å². The summed E-state index contributed by atoms with van der Waals surface area (Å²) < 4.78 is 53.9. The first kappa shape index (κ1) is 20.8. The Morgan fingerprint density at radius 3 is 2.36 bits per heavy atom. The van der Waals surface area contributed by atoms with Crippen LogP contribution in [0.25, 0.3) is 0 Å². The topological polar surface area (TPSA) is 74.8 Å². The Morgan fingerprint density at radius 2 is 1.71 bits per heavy atom. The van der Waals surface area contributed by atoms with E-state index in [0.29, 0.717) is 29.8 Å². The molecule has 0 radical (unpaired) electrons. The van der Waals surface area contributed by atoms with E-state index < -0.39 is 20.0 Å². The fourth-order valence-electron chi connectivity index (χ4n) is 3.47. The molecule has 1 aliphatic rings. The molecule has 0 N–H and O–H groups in total. The number of sulfonamides is 2. The molecule has 3 rings (SSSR count). The van der Waals surface area contributed by atoms with E-state index in [0.717, 1.165) is 12.0 Å². The molecule has 0 saturated carbocycles. The van der Waals surface area contributed by atoms with Crippen LogP contribution < -0.4 is 4.31 Å². The molecule has 0 atom stereocenters. The Balaban J connectivity index is 1.95. The lowest BCUT2D eigenvalue weighted by Gasteiger charge is -2.30. The molecule has 8 heteroatoms. The van der Waals surface area contributed by atoms with Crippen LogP contribution in [0.4, 0.5) is 5.69 Å². The van der Waals surface area contributed by atoms with Gasteiger partial charge in [-0.05, 0) is 55.5 Å². The zero-order valence-corrected chi connectivity index (χ0v) is 18.1. The van der Waals surface area contributed by atoms with E-state index in [-0.39, 0.29) is 17.2 Å². The third kappa shape index (κ3) is 4.09. The van der Waals surface area contributed by atoms with Crippen molar-refractivity contribution in [1.82, 2.24) is 4.31 Å². The van der Waals surface area contributed by atoms with E-state index in [9.17, 15) is 16.8 Å². The lowest BCUT2D eigenvalue weighted by Crippen LogP contribution is -2.38. The van der Waals surface area contributed by atoms with Crippen molar-refractivity contribution in [2.45, 2.75) is 38.1 Å². The monoisotopic (exact) mass is 422 g/mol. The summed E-state index contributed by atoms with van der Waals surface area (Å²) in [5, 5.41) is 0. The van der Waals surface area contributed by atoms with Gasteiger partial charge in [-0.3, -0.25) is 4.31 Å². The predicted molar refractivity (Wildman–Crippen MR) is 111 cm³/mol. The summed E-state index contributed by atoms with van der Waals surface area (Å²) in [4.78, 5) is 0.210. The number of hydrogen-bond acceptors (Lipinski definition) is 4. The smallest absolute Gasteiger partial charge is 0.243 e. The fraction of sp³-hybridized carbons (Fsp3) is 0.400. The average molecular weight is 423 g/mol. The zero-order chi connectivity index (χ0) is 20.5. The average Bonchev–Trinajstić information content (AvgIpc) is 2.64. The van der Waals surface area contributed by atoms with Crippen molar-refractivity contribution in [3.05, 3.63) is 59.2 Å². The van der Waals surface area contributed by atoms with Crippen molar-refractivity contribution >= 4 is 25.7 Å². The third-order valence-corrected chi connectivity index (χ3v) is 8.85. The van der Waals surface area contributed by atoms with Crippen molar-refractivity contribution < 1.29 is 16.8 Å². The van der Waals surface area contributed by atoms with Gasteiger partial charge in [0.25, 0.3) is 0 Å². The lowest BCUT2D eigenvalue weighted by molar-refractivity contribution is 0.466. The molecule has 1 saturated heterocycles. The van der Waals surface area contributed by atoms with Gasteiger partial charge in [-0.25, -0.2) is 16.8 Å². The van der Waals surface area contributed by atoms with Crippen molar-refractivity contribution in [3.63, 3.8) is 0 Å². The highest BCUT2D eigenvalue weighted by Crippen LogP contribution is 2.32. The van der Waals surface area contributed by atoms with Crippen LogP contribution in [-0.2, 0) is 26.6 Å². The highest BCUT2D eigenvalue weighted by molar-refractivity contribution is 7.92. The molecule has 6 nitrogen and oxygen atoms in total. The minimum absolute atomic E-state index is 0.130. The van der Waals surface area contributed by atoms with Gasteiger partial charge in [-0.1, -0.05) is 30.3 Å². The van der Waals surface area contributed by atoms with Gasteiger partial charge in [0, 0.05) is 20.1 Å². The Bertz CT molecular complexity index is 1060. The van der Waals surface area contributed by atoms with Gasteiger partial charge in [0.1, 0.15) is 0 Å². The van der Waals surface area contributed by atoms with Gasteiger partial charge in [0.2, 0.25) is 20.0 Å². The van der Waals surface area contributed by atoms with Crippen LogP contribution in [0.1, 0.15) is 29.5 Å². The molecule has 1 heterocycles. The first-order chi connectivity index (χ1) is 13.1. The Morgan fingerprint density at radius 1 is 1.04 bits per heavy atom. The number of nitrogens with zero attached hydrogens (tertiary/aromatic N) is 2. The Labute approximate surface area is 167 Å². The fourth-order valence-corrected chi connectivity index (χ4v) is 6.61. The number of aryl methyl sites for hydroxylation is 2. The molecule has 2 aromatic carbocycles. The van der Waals surface area contributed by atoms with Gasteiger partial charge in [0.15, 0.2) is 0 Å². The van der Waals surface area contributed by atoms with Crippen LogP contribution in [-0.4, -0.2) is 40.5 Å². The van der Waals surface area contributed by atoms with E-state index in [1.165, 1.54) is 8.61 Å². The zero-order valence-electron chi connectivity index (χ0n) is 16.4. The van der Waals surface area contributed by atoms with E-state index in [1.54, 1.807) is 33.0 Å². The van der Waals surface area contributed by atoms with Crippen molar-refractivity contribution in [3.8, 4) is 0 Å². The minimum atomic E-state index is -3.70. The summed E-state index contributed by atoms with van der Waals surface area (Å²) >= 11 is 0. The lowest BCUT2D eigenvalue weighted by atomic mass is 10.1. The molecule has 152 valence electrons. The molecular weight excluding hydrogens is 396 g/mol. The van der Waals surface area contributed by atoms with Crippen molar-refractivity contribution in [2.75, 3.05) is 23.7 Å². The summed E-state index contributed by atoms with van der Waals surface area (Å²) in [6.07, 6.45) is 1.46. The van der Waals surface area contributed by atoms with E-state index in [2.05, 4.69) is 0 Å². The third-order valence-electron chi connectivity index (χ3n) is 5.05. The Kier molecular flexibility index (Phi) is 5.84. The number of rotatable bonds is 5. The summed E-state index contributed by atoms with van der Waals surface area (Å²) in [7, 11) is -5.49. The second-order valence-electron chi connectivity index (χ2n) is 7.25. The molecule has 0 bridgehead atoms. The summed E-state index contributed by atoms with van der Waals surface area (Å²) in [6, 6.07) is 12.7. The summed E-state index contributed by atoms with van der Waals surface area (Å²) in [5.41, 5.74) is 2.66. The SMILES string of the molecule is Cc1cc(S(=O)(=O)N(C)Cc2ccccc2)c(C)cc1N1CCCCS1(=O)=O. The van der Waals surface area contributed by atoms with Crippen molar-refractivity contribution in [2.24, 2.45) is 0 Å². The molecule has 1 aliphatic heterocycles. The normalized spacial score (nSPS) is 17.1. The molecule has 0 aliphatic carbocycles. The van der Waals surface area contributed by atoms with Gasteiger partial charge in [-0.15, -0.1) is 0 Å². The van der Waals surface area contributed by atoms with Crippen LogP contribution >= 0.6 is 0 Å². The number of benzene rings is 2. The van der Waals surface area contributed by atoms with Gasteiger partial charge >= 0.3 is 0 Å². The highest BCUT2D eigenvalue weighted by atomic mass is 32.2. The quantitative estimate of drug-likeness (QED) is 0.742. The first-order valence-electron chi connectivity index (χ1n) is 9.25. The van der Waals surface area contributed by atoms with Crippen LogP contribution in [0, 0.1) is 13.8 Å². The van der Waals surface area contributed by atoms with E-state index in [4.69, 9.17) is 0 Å². The van der Waals surface area contributed by atoms with Gasteiger partial charge in [0.05, 0.1) is 16.3 Å². The molecular formula is C20H26N2O4S2. The molecule has 0 unspecified atom stereocenters. The van der Waals surface area contributed by atoms with Crippen LogP contribution in [0.2, 0.25) is 0 Å². The molecule has 1 fully saturated rings. The maximum absolute atomic E-state index is 13.1. The summed E-state index contributed by atoms with van der Waals surface area (Å²) in [5.74, 6) is 0.130.